The molecule has 0 bridgehead atoms. The number of carbonyl (C=O) groups excluding carboxylic acids is 1. The molecule has 34 heavy (non-hydrogen) atoms. The van der Waals surface area contributed by atoms with Gasteiger partial charge in [-0.3, -0.25) is 4.79 Å². The molecule has 1 saturated carbocycles. The fraction of sp³-hybridized carbons (Fsp3) is 0.480. The Morgan fingerprint density at radius 1 is 1.00 bits per heavy atom. The predicted octanol–water partition coefficient (Wildman–Crippen LogP) is 3.46. The fourth-order valence-electron chi connectivity index (χ4n) is 4.18. The quantitative estimate of drug-likeness (QED) is 0.502. The van der Waals surface area contributed by atoms with Gasteiger partial charge in [-0.25, -0.2) is 13.1 Å². The number of hydrogen-bond acceptors (Lipinski definition) is 6. The Hall–Kier alpha value is -2.78. The molecule has 9 heteroatoms. The molecule has 8 nitrogen and oxygen atoms in total. The van der Waals surface area contributed by atoms with E-state index >= 15 is 0 Å². The summed E-state index contributed by atoms with van der Waals surface area (Å²) in [6, 6.07) is 13.2. The molecule has 3 rings (SSSR count). The summed E-state index contributed by atoms with van der Waals surface area (Å²) in [6.45, 7) is 0.391. The van der Waals surface area contributed by atoms with Gasteiger partial charge in [0.15, 0.2) is 11.5 Å². The Bertz CT molecular complexity index is 1050. The summed E-state index contributed by atoms with van der Waals surface area (Å²) >= 11 is 0. The summed E-state index contributed by atoms with van der Waals surface area (Å²) in [5, 5.41) is 2.85. The van der Waals surface area contributed by atoms with Gasteiger partial charge in [-0.2, -0.15) is 0 Å². The molecular weight excluding hydrogens is 454 g/mol. The first-order valence-corrected chi connectivity index (χ1v) is 13.1. The zero-order valence-corrected chi connectivity index (χ0v) is 21.0. The highest BCUT2D eigenvalue weighted by Gasteiger charge is 2.19. The van der Waals surface area contributed by atoms with E-state index in [1.165, 1.54) is 70.2 Å². The minimum atomic E-state index is -3.77. The molecule has 0 saturated heterocycles. The van der Waals surface area contributed by atoms with Gasteiger partial charge in [0.25, 0.3) is 0 Å². The smallest absolute Gasteiger partial charge is 0.240 e. The molecule has 2 aromatic carbocycles. The van der Waals surface area contributed by atoms with Crippen molar-refractivity contribution in [1.82, 2.24) is 10.0 Å². The molecule has 0 atom stereocenters. The Morgan fingerprint density at radius 3 is 2.32 bits per heavy atom. The highest BCUT2D eigenvalue weighted by Crippen LogP contribution is 2.29. The van der Waals surface area contributed by atoms with Crippen LogP contribution in [0.5, 0.6) is 11.5 Å². The second-order valence-electron chi connectivity index (χ2n) is 8.51. The van der Waals surface area contributed by atoms with Crippen LogP contribution in [0.25, 0.3) is 0 Å². The molecule has 0 aromatic heterocycles. The van der Waals surface area contributed by atoms with Crippen LogP contribution in [0, 0.1) is 0 Å². The van der Waals surface area contributed by atoms with Crippen LogP contribution in [-0.4, -0.2) is 48.2 Å². The lowest BCUT2D eigenvalue weighted by atomic mass is 9.94. The number of methoxy groups -OCH3 is 2. The lowest BCUT2D eigenvalue weighted by molar-refractivity contribution is -0.121. The summed E-state index contributed by atoms with van der Waals surface area (Å²) in [7, 11) is 1.29. The average Bonchev–Trinajstić information content (AvgIpc) is 2.87. The first-order chi connectivity index (χ1) is 16.3. The monoisotopic (exact) mass is 489 g/mol. The van der Waals surface area contributed by atoms with E-state index in [4.69, 9.17) is 9.47 Å². The minimum absolute atomic E-state index is 0.00632. The van der Waals surface area contributed by atoms with E-state index in [9.17, 15) is 13.2 Å². The van der Waals surface area contributed by atoms with E-state index in [0.29, 0.717) is 24.1 Å². The molecule has 2 N–H and O–H groups in total. The summed E-state index contributed by atoms with van der Waals surface area (Å²) in [5.74, 6) is 0.534. The first-order valence-electron chi connectivity index (χ1n) is 11.6. The minimum Gasteiger partial charge on any atom is -0.493 e. The van der Waals surface area contributed by atoms with E-state index < -0.39 is 10.0 Å². The third kappa shape index (κ3) is 6.87. The SMILES string of the molecule is COc1ccc(S(=O)(=O)NCCC(=O)NCc2ccc(N(C)C3CCCCC3)cc2)cc1OC. The highest BCUT2D eigenvalue weighted by molar-refractivity contribution is 7.89. The third-order valence-electron chi connectivity index (χ3n) is 6.27. The van der Waals surface area contributed by atoms with E-state index in [1.807, 2.05) is 12.1 Å². The number of rotatable bonds is 11. The molecule has 186 valence electrons. The van der Waals surface area contributed by atoms with E-state index in [2.05, 4.69) is 34.1 Å². The van der Waals surface area contributed by atoms with Gasteiger partial charge in [0.1, 0.15) is 0 Å². The Morgan fingerprint density at radius 2 is 1.68 bits per heavy atom. The van der Waals surface area contributed by atoms with Crippen LogP contribution in [0.4, 0.5) is 5.69 Å². The molecule has 1 aliphatic rings. The van der Waals surface area contributed by atoms with Crippen LogP contribution in [0.1, 0.15) is 44.1 Å². The lowest BCUT2D eigenvalue weighted by Crippen LogP contribution is -2.33. The number of sulfonamides is 1. The number of hydrogen-bond donors (Lipinski definition) is 2. The van der Waals surface area contributed by atoms with Gasteiger partial charge in [0.2, 0.25) is 15.9 Å². The highest BCUT2D eigenvalue weighted by atomic mass is 32.2. The molecule has 0 heterocycles. The topological polar surface area (TPSA) is 97.0 Å². The number of nitrogens with one attached hydrogen (secondary N) is 2. The number of nitrogens with zero attached hydrogens (tertiary/aromatic N) is 1. The van der Waals surface area contributed by atoms with E-state index in [0.717, 1.165) is 5.56 Å². The van der Waals surface area contributed by atoms with Crippen LogP contribution in [-0.2, 0) is 21.4 Å². The van der Waals surface area contributed by atoms with Crippen molar-refractivity contribution in [2.45, 2.75) is 56.0 Å². The van der Waals surface area contributed by atoms with Crippen molar-refractivity contribution >= 4 is 21.6 Å². The van der Waals surface area contributed by atoms with Gasteiger partial charge < -0.3 is 19.7 Å². The largest absolute Gasteiger partial charge is 0.493 e. The number of amides is 1. The normalized spacial score (nSPS) is 14.4. The van der Waals surface area contributed by atoms with Crippen molar-refractivity contribution in [3.63, 3.8) is 0 Å². The fourth-order valence-corrected chi connectivity index (χ4v) is 5.23. The van der Waals surface area contributed by atoms with E-state index in [1.54, 1.807) is 0 Å². The molecule has 0 aliphatic heterocycles. The van der Waals surface area contributed by atoms with Gasteiger partial charge in [-0.1, -0.05) is 31.4 Å². The van der Waals surface area contributed by atoms with Crippen LogP contribution in [0.2, 0.25) is 0 Å². The molecule has 1 aliphatic carbocycles. The van der Waals surface area contributed by atoms with Gasteiger partial charge in [-0.05, 0) is 42.7 Å². The van der Waals surface area contributed by atoms with Crippen LogP contribution < -0.4 is 24.4 Å². The van der Waals surface area contributed by atoms with Crippen molar-refractivity contribution in [2.75, 3.05) is 32.7 Å². The molecule has 0 unspecified atom stereocenters. The molecular formula is C25H35N3O5S. The van der Waals surface area contributed by atoms with Gasteiger partial charge in [0, 0.05) is 44.4 Å². The number of anilines is 1. The van der Waals surface area contributed by atoms with Crippen molar-refractivity contribution < 1.29 is 22.7 Å². The third-order valence-corrected chi connectivity index (χ3v) is 7.72. The number of carbonyl (C=O) groups is 1. The summed E-state index contributed by atoms with van der Waals surface area (Å²) in [4.78, 5) is 14.6. The predicted molar refractivity (Wildman–Crippen MR) is 133 cm³/mol. The van der Waals surface area contributed by atoms with E-state index in [-0.39, 0.29) is 23.8 Å². The zero-order valence-electron chi connectivity index (χ0n) is 20.2. The van der Waals surface area contributed by atoms with Crippen molar-refractivity contribution in [3.8, 4) is 11.5 Å². The van der Waals surface area contributed by atoms with Gasteiger partial charge >= 0.3 is 0 Å². The van der Waals surface area contributed by atoms with Crippen molar-refractivity contribution in [1.29, 1.82) is 0 Å². The molecule has 2 aromatic rings. The number of benzene rings is 2. The lowest BCUT2D eigenvalue weighted by Gasteiger charge is -2.33. The molecule has 0 radical (unpaired) electrons. The average molecular weight is 490 g/mol. The van der Waals surface area contributed by atoms with Gasteiger partial charge in [-0.15, -0.1) is 0 Å². The van der Waals surface area contributed by atoms with Crippen LogP contribution >= 0.6 is 0 Å². The van der Waals surface area contributed by atoms with Crippen molar-refractivity contribution in [3.05, 3.63) is 48.0 Å². The van der Waals surface area contributed by atoms with Crippen LogP contribution in [0.3, 0.4) is 0 Å². The first kappa shape index (κ1) is 25.8. The Balaban J connectivity index is 1.44. The van der Waals surface area contributed by atoms with Crippen molar-refractivity contribution in [2.24, 2.45) is 0 Å². The second-order valence-corrected chi connectivity index (χ2v) is 10.3. The maximum Gasteiger partial charge on any atom is 0.240 e. The number of ether oxygens (including phenoxy) is 2. The zero-order chi connectivity index (χ0) is 24.6. The Kier molecular flexibility index (Phi) is 9.18. The van der Waals surface area contributed by atoms with Crippen LogP contribution in [0.15, 0.2) is 47.4 Å². The summed E-state index contributed by atoms with van der Waals surface area (Å²) in [6.07, 6.45) is 6.44. The summed E-state index contributed by atoms with van der Waals surface area (Å²) in [5.41, 5.74) is 2.19. The standard InChI is InChI=1S/C25H35N3O5S/c1-28(20-7-5-4-6-8-20)21-11-9-19(10-12-21)18-26-25(29)15-16-27-34(30,31)22-13-14-23(32-2)24(17-22)33-3/h9-14,17,20,27H,4-8,15-16,18H2,1-3H3,(H,26,29). The molecule has 0 spiro atoms. The molecule has 1 amide bonds. The van der Waals surface area contributed by atoms with Gasteiger partial charge in [0.05, 0.1) is 19.1 Å². The summed E-state index contributed by atoms with van der Waals surface area (Å²) < 4.78 is 37.8. The second kappa shape index (κ2) is 12.1. The Labute approximate surface area is 202 Å². The maximum absolute atomic E-state index is 12.5. The molecule has 1 fully saturated rings. The maximum atomic E-state index is 12.5.